The highest BCUT2D eigenvalue weighted by Gasteiger charge is 2.24. The van der Waals surface area contributed by atoms with Crippen molar-refractivity contribution in [3.05, 3.63) is 47.8 Å². The summed E-state index contributed by atoms with van der Waals surface area (Å²) < 4.78 is 31.7. The first kappa shape index (κ1) is 18.1. The zero-order chi connectivity index (χ0) is 17.9. The number of sulfone groups is 1. The summed E-state index contributed by atoms with van der Waals surface area (Å²) in [4.78, 5) is 6.34. The molecular weight excluding hydrogens is 338 g/mol. The molecule has 6 nitrogen and oxygen atoms in total. The van der Waals surface area contributed by atoms with E-state index in [2.05, 4.69) is 22.0 Å². The highest BCUT2D eigenvalue weighted by atomic mass is 32.2. The predicted octanol–water partition coefficient (Wildman–Crippen LogP) is 2.10. The Hall–Kier alpha value is -1.70. The number of imidazole rings is 1. The van der Waals surface area contributed by atoms with Crippen LogP contribution in [0.1, 0.15) is 24.1 Å². The van der Waals surface area contributed by atoms with Gasteiger partial charge >= 0.3 is 0 Å². The largest absolute Gasteiger partial charge is 0.376 e. The van der Waals surface area contributed by atoms with E-state index in [1.807, 2.05) is 29.8 Å². The zero-order valence-electron chi connectivity index (χ0n) is 14.8. The molecule has 2 aromatic rings. The molecule has 7 heteroatoms. The smallest absolute Gasteiger partial charge is 0.227 e. The lowest BCUT2D eigenvalue weighted by atomic mass is 10.2. The fourth-order valence-corrected chi connectivity index (χ4v) is 4.07. The molecule has 3 rings (SSSR count). The summed E-state index contributed by atoms with van der Waals surface area (Å²) >= 11 is 0. The number of rotatable bonds is 7. The highest BCUT2D eigenvalue weighted by molar-refractivity contribution is 7.90. The van der Waals surface area contributed by atoms with Crippen LogP contribution in [-0.2, 0) is 34.2 Å². The first-order chi connectivity index (χ1) is 11.9. The Bertz CT molecular complexity index is 796. The van der Waals surface area contributed by atoms with Crippen LogP contribution in [0.15, 0.2) is 41.7 Å². The summed E-state index contributed by atoms with van der Waals surface area (Å²) in [6.45, 7) is 2.71. The van der Waals surface area contributed by atoms with Gasteiger partial charge in [0, 0.05) is 26.0 Å². The van der Waals surface area contributed by atoms with Crippen molar-refractivity contribution < 1.29 is 13.2 Å². The van der Waals surface area contributed by atoms with Crippen molar-refractivity contribution >= 4 is 9.84 Å². The number of benzene rings is 1. The van der Waals surface area contributed by atoms with Gasteiger partial charge in [-0.2, -0.15) is 0 Å². The van der Waals surface area contributed by atoms with E-state index < -0.39 is 9.84 Å². The van der Waals surface area contributed by atoms with Crippen molar-refractivity contribution in [2.45, 2.75) is 43.7 Å². The van der Waals surface area contributed by atoms with Crippen LogP contribution in [0.5, 0.6) is 0 Å². The Morgan fingerprint density at radius 2 is 2.04 bits per heavy atom. The van der Waals surface area contributed by atoms with E-state index in [-0.39, 0.29) is 11.3 Å². The molecule has 1 fully saturated rings. The molecule has 1 aliphatic heterocycles. The third kappa shape index (κ3) is 4.68. The monoisotopic (exact) mass is 363 g/mol. The van der Waals surface area contributed by atoms with Gasteiger partial charge < -0.3 is 9.30 Å². The van der Waals surface area contributed by atoms with Gasteiger partial charge in [-0.3, -0.25) is 4.90 Å². The molecule has 0 radical (unpaired) electrons. The molecule has 0 N–H and O–H groups in total. The fraction of sp³-hybridized carbons (Fsp3) is 0.500. The Morgan fingerprint density at radius 1 is 1.28 bits per heavy atom. The number of hydrogen-bond acceptors (Lipinski definition) is 5. The van der Waals surface area contributed by atoms with Crippen LogP contribution >= 0.6 is 0 Å². The lowest BCUT2D eigenvalue weighted by molar-refractivity contribution is 0.0934. The summed E-state index contributed by atoms with van der Waals surface area (Å²) in [6, 6.07) is 10.2. The average Bonchev–Trinajstić information content (AvgIpc) is 3.19. The van der Waals surface area contributed by atoms with E-state index in [4.69, 9.17) is 4.74 Å². The molecule has 0 spiro atoms. The van der Waals surface area contributed by atoms with Crippen molar-refractivity contribution in [2.75, 3.05) is 19.9 Å². The SMILES string of the molecule is CN(Cc1ccccc1)Cc1cnc(S(C)(=O)=O)n1CC1CCCO1. The Balaban J connectivity index is 1.78. The molecule has 2 heterocycles. The molecule has 1 unspecified atom stereocenters. The van der Waals surface area contributed by atoms with Gasteiger partial charge in [0.2, 0.25) is 15.0 Å². The van der Waals surface area contributed by atoms with Crippen LogP contribution in [0, 0.1) is 0 Å². The van der Waals surface area contributed by atoms with Gasteiger partial charge in [0.15, 0.2) is 0 Å². The van der Waals surface area contributed by atoms with Crippen LogP contribution in [0.3, 0.4) is 0 Å². The molecule has 1 aromatic carbocycles. The lowest BCUT2D eigenvalue weighted by Gasteiger charge is -2.20. The molecule has 1 atom stereocenters. The topological polar surface area (TPSA) is 64.4 Å². The molecule has 1 saturated heterocycles. The van der Waals surface area contributed by atoms with Gasteiger partial charge in [0.05, 0.1) is 24.5 Å². The first-order valence-corrected chi connectivity index (χ1v) is 10.4. The molecule has 136 valence electrons. The minimum absolute atomic E-state index is 0.0629. The summed E-state index contributed by atoms with van der Waals surface area (Å²) in [5, 5.41) is 0.131. The minimum atomic E-state index is -3.37. The van der Waals surface area contributed by atoms with Crippen molar-refractivity contribution in [1.29, 1.82) is 0 Å². The maximum atomic E-state index is 12.1. The van der Waals surface area contributed by atoms with Crippen LogP contribution < -0.4 is 0 Å². The molecule has 0 aliphatic carbocycles. The molecule has 1 aromatic heterocycles. The van der Waals surface area contributed by atoms with Crippen LogP contribution in [0.2, 0.25) is 0 Å². The molecule has 25 heavy (non-hydrogen) atoms. The summed E-state index contributed by atoms with van der Waals surface area (Å²) in [7, 11) is -1.35. The molecule has 0 bridgehead atoms. The van der Waals surface area contributed by atoms with Crippen molar-refractivity contribution in [3.63, 3.8) is 0 Å². The number of aromatic nitrogens is 2. The van der Waals surface area contributed by atoms with Gasteiger partial charge in [-0.25, -0.2) is 13.4 Å². The van der Waals surface area contributed by atoms with Crippen molar-refractivity contribution in [1.82, 2.24) is 14.5 Å². The van der Waals surface area contributed by atoms with Crippen LogP contribution in [0.4, 0.5) is 0 Å². The lowest BCUT2D eigenvalue weighted by Crippen LogP contribution is -2.24. The van der Waals surface area contributed by atoms with E-state index in [0.717, 1.165) is 31.7 Å². The van der Waals surface area contributed by atoms with Crippen LogP contribution in [-0.4, -0.2) is 48.9 Å². The van der Waals surface area contributed by atoms with E-state index in [0.29, 0.717) is 13.1 Å². The normalized spacial score (nSPS) is 18.1. The second kappa shape index (κ2) is 7.68. The predicted molar refractivity (Wildman–Crippen MR) is 95.9 cm³/mol. The third-order valence-electron chi connectivity index (χ3n) is 4.37. The number of hydrogen-bond donors (Lipinski definition) is 0. The standard InChI is InChI=1S/C18H25N3O3S/c1-20(12-15-7-4-3-5-8-15)13-16-11-19-18(25(2,22)23)21(16)14-17-9-6-10-24-17/h3-5,7-8,11,17H,6,9-10,12-14H2,1-2H3. The maximum absolute atomic E-state index is 12.1. The van der Waals surface area contributed by atoms with E-state index in [1.54, 1.807) is 6.20 Å². The van der Waals surface area contributed by atoms with Gasteiger partial charge in [-0.1, -0.05) is 30.3 Å². The molecule has 1 aliphatic rings. The fourth-order valence-electron chi connectivity index (χ4n) is 3.23. The van der Waals surface area contributed by atoms with E-state index in [1.165, 1.54) is 11.8 Å². The maximum Gasteiger partial charge on any atom is 0.227 e. The average molecular weight is 363 g/mol. The molecular formula is C18H25N3O3S. The quantitative estimate of drug-likeness (QED) is 0.754. The summed E-state index contributed by atoms with van der Waals surface area (Å²) in [5.41, 5.74) is 2.12. The van der Waals surface area contributed by atoms with Crippen LogP contribution in [0.25, 0.3) is 0 Å². The van der Waals surface area contributed by atoms with Crippen molar-refractivity contribution in [3.8, 4) is 0 Å². The molecule has 0 amide bonds. The van der Waals surface area contributed by atoms with Gasteiger partial charge in [0.25, 0.3) is 0 Å². The molecule has 0 saturated carbocycles. The van der Waals surface area contributed by atoms with Gasteiger partial charge in [-0.15, -0.1) is 0 Å². The Kier molecular flexibility index (Phi) is 5.56. The minimum Gasteiger partial charge on any atom is -0.376 e. The number of ether oxygens (including phenoxy) is 1. The third-order valence-corrected chi connectivity index (χ3v) is 5.36. The second-order valence-corrected chi connectivity index (χ2v) is 8.62. The van der Waals surface area contributed by atoms with Gasteiger partial charge in [0.1, 0.15) is 0 Å². The second-order valence-electron chi connectivity index (χ2n) is 6.71. The summed E-state index contributed by atoms with van der Waals surface area (Å²) in [5.74, 6) is 0. The van der Waals surface area contributed by atoms with E-state index in [9.17, 15) is 8.42 Å². The summed E-state index contributed by atoms with van der Waals surface area (Å²) in [6.07, 6.45) is 4.93. The van der Waals surface area contributed by atoms with Crippen molar-refractivity contribution in [2.24, 2.45) is 0 Å². The highest BCUT2D eigenvalue weighted by Crippen LogP contribution is 2.20. The van der Waals surface area contributed by atoms with Gasteiger partial charge in [-0.05, 0) is 25.5 Å². The van der Waals surface area contributed by atoms with E-state index >= 15 is 0 Å². The Labute approximate surface area is 149 Å². The number of nitrogens with zero attached hydrogens (tertiary/aromatic N) is 3. The Morgan fingerprint density at radius 3 is 2.68 bits per heavy atom. The zero-order valence-corrected chi connectivity index (χ0v) is 15.6. The first-order valence-electron chi connectivity index (χ1n) is 8.52.